The molecule has 1 heterocycles. The minimum Gasteiger partial charge on any atom is -0.259 e. The molecule has 0 saturated heterocycles. The number of hydrazone groups is 1. The van der Waals surface area contributed by atoms with Gasteiger partial charge in [-0.05, 0) is 30.5 Å². The highest BCUT2D eigenvalue weighted by atomic mass is 16.1. The second-order valence-corrected chi connectivity index (χ2v) is 5.33. The van der Waals surface area contributed by atoms with Crippen molar-refractivity contribution in [3.8, 4) is 11.1 Å². The van der Waals surface area contributed by atoms with Crippen molar-refractivity contribution in [2.45, 2.75) is 13.8 Å². The van der Waals surface area contributed by atoms with Crippen molar-refractivity contribution in [1.82, 2.24) is 15.2 Å². The Hall–Kier alpha value is -3.28. The molecule has 6 nitrogen and oxygen atoms in total. The Labute approximate surface area is 139 Å². The lowest BCUT2D eigenvalue weighted by molar-refractivity contribution is 0.879. The average molecular weight is 319 g/mol. The molecule has 24 heavy (non-hydrogen) atoms. The minimum atomic E-state index is -0.511. The second kappa shape index (κ2) is 6.87. The molecule has 6 heteroatoms. The molecular formula is C18H17N5O. The topological polar surface area (TPSA) is 83.0 Å². The summed E-state index contributed by atoms with van der Waals surface area (Å²) in [5, 5.41) is 10.4. The molecule has 0 bridgehead atoms. The van der Waals surface area contributed by atoms with E-state index in [1.165, 1.54) is 5.56 Å². The van der Waals surface area contributed by atoms with E-state index in [1.54, 1.807) is 6.92 Å². The van der Waals surface area contributed by atoms with E-state index in [9.17, 15) is 4.79 Å². The van der Waals surface area contributed by atoms with Crippen molar-refractivity contribution in [3.63, 3.8) is 0 Å². The van der Waals surface area contributed by atoms with Crippen LogP contribution in [-0.4, -0.2) is 20.9 Å². The maximum atomic E-state index is 11.2. The van der Waals surface area contributed by atoms with E-state index in [4.69, 9.17) is 0 Å². The summed E-state index contributed by atoms with van der Waals surface area (Å²) < 4.78 is 0. The number of hydrogen-bond donors (Lipinski definition) is 2. The summed E-state index contributed by atoms with van der Waals surface area (Å²) in [6.45, 7) is 3.63. The van der Waals surface area contributed by atoms with Gasteiger partial charge in [0.2, 0.25) is 0 Å². The fourth-order valence-electron chi connectivity index (χ4n) is 2.23. The summed E-state index contributed by atoms with van der Waals surface area (Å²) in [5.41, 5.74) is 6.95. The molecule has 0 aliphatic rings. The molecule has 2 aromatic carbocycles. The van der Waals surface area contributed by atoms with Crippen molar-refractivity contribution < 1.29 is 0 Å². The molecule has 0 aliphatic heterocycles. The van der Waals surface area contributed by atoms with Gasteiger partial charge < -0.3 is 0 Å². The molecule has 120 valence electrons. The van der Waals surface area contributed by atoms with Crippen molar-refractivity contribution >= 4 is 11.5 Å². The molecule has 0 fully saturated rings. The van der Waals surface area contributed by atoms with Crippen molar-refractivity contribution in [3.05, 3.63) is 76.3 Å². The number of rotatable bonds is 4. The largest absolute Gasteiger partial charge is 0.363 e. The molecule has 0 spiro atoms. The first-order valence-corrected chi connectivity index (χ1v) is 7.53. The van der Waals surface area contributed by atoms with Gasteiger partial charge in [0.05, 0.1) is 5.71 Å². The van der Waals surface area contributed by atoms with Crippen LogP contribution in [0.4, 0.5) is 5.82 Å². The average Bonchev–Trinajstić information content (AvgIpc) is 2.63. The molecule has 3 aromatic rings. The van der Waals surface area contributed by atoms with Crippen LogP contribution in [0.1, 0.15) is 18.2 Å². The standard InChI is InChI=1S/C18H17N5O/c1-12(20-22-17-13(2)21-23-18(24)19-17)14-8-10-16(11-9-14)15-6-4-3-5-7-15/h3-11H,1-2H3,(H2,19,22,23,24). The lowest BCUT2D eigenvalue weighted by Crippen LogP contribution is -2.16. The first-order chi connectivity index (χ1) is 11.6. The molecule has 0 radical (unpaired) electrons. The van der Waals surface area contributed by atoms with Gasteiger partial charge in [-0.3, -0.25) is 5.43 Å². The third-order valence-electron chi connectivity index (χ3n) is 3.61. The van der Waals surface area contributed by atoms with Crippen LogP contribution < -0.4 is 11.1 Å². The fraction of sp³-hybridized carbons (Fsp3) is 0.111. The molecule has 0 saturated carbocycles. The predicted octanol–water partition coefficient (Wildman–Crippen LogP) is 2.98. The quantitative estimate of drug-likeness (QED) is 0.572. The van der Waals surface area contributed by atoms with Gasteiger partial charge in [0.1, 0.15) is 5.69 Å². The lowest BCUT2D eigenvalue weighted by atomic mass is 10.0. The zero-order chi connectivity index (χ0) is 16.9. The summed E-state index contributed by atoms with van der Waals surface area (Å²) in [5.74, 6) is 0.346. The lowest BCUT2D eigenvalue weighted by Gasteiger charge is -2.06. The number of hydrogen-bond acceptors (Lipinski definition) is 5. The number of anilines is 1. The molecule has 1 aromatic heterocycles. The highest BCUT2D eigenvalue weighted by Crippen LogP contribution is 2.19. The SMILES string of the molecule is CC(=NNc1nc(=O)[nH]nc1C)c1ccc(-c2ccccc2)cc1. The van der Waals surface area contributed by atoms with E-state index in [0.29, 0.717) is 11.5 Å². The van der Waals surface area contributed by atoms with Crippen molar-refractivity contribution in [1.29, 1.82) is 0 Å². The summed E-state index contributed by atoms with van der Waals surface area (Å²) >= 11 is 0. The monoisotopic (exact) mass is 319 g/mol. The van der Waals surface area contributed by atoms with Gasteiger partial charge in [-0.1, -0.05) is 54.6 Å². The molecule has 0 unspecified atom stereocenters. The number of aromatic nitrogens is 3. The summed E-state index contributed by atoms with van der Waals surface area (Å²) in [6, 6.07) is 18.3. The Morgan fingerprint density at radius 1 is 1.04 bits per heavy atom. The Balaban J connectivity index is 1.78. The molecule has 0 atom stereocenters. The number of aryl methyl sites for hydroxylation is 1. The number of benzene rings is 2. The van der Waals surface area contributed by atoms with E-state index in [0.717, 1.165) is 16.8 Å². The summed E-state index contributed by atoms with van der Waals surface area (Å²) in [7, 11) is 0. The Morgan fingerprint density at radius 2 is 1.71 bits per heavy atom. The third-order valence-corrected chi connectivity index (χ3v) is 3.61. The zero-order valence-electron chi connectivity index (χ0n) is 13.4. The van der Waals surface area contributed by atoms with Crippen LogP contribution in [0, 0.1) is 6.92 Å². The van der Waals surface area contributed by atoms with E-state index in [2.05, 4.69) is 50.0 Å². The highest BCUT2D eigenvalue weighted by Gasteiger charge is 2.03. The van der Waals surface area contributed by atoms with Crippen LogP contribution in [0.25, 0.3) is 11.1 Å². The Bertz CT molecular complexity index is 914. The maximum Gasteiger partial charge on any atom is 0.363 e. The van der Waals surface area contributed by atoms with Crippen molar-refractivity contribution in [2.75, 3.05) is 5.43 Å². The summed E-state index contributed by atoms with van der Waals surface area (Å²) in [6.07, 6.45) is 0. The van der Waals surface area contributed by atoms with Gasteiger partial charge in [-0.15, -0.1) is 0 Å². The van der Waals surface area contributed by atoms with Gasteiger partial charge in [-0.25, -0.2) is 9.89 Å². The normalized spacial score (nSPS) is 11.3. The van der Waals surface area contributed by atoms with E-state index in [-0.39, 0.29) is 0 Å². The summed E-state index contributed by atoms with van der Waals surface area (Å²) in [4.78, 5) is 15.0. The molecule has 3 rings (SSSR count). The molecular weight excluding hydrogens is 302 g/mol. The molecule has 0 aliphatic carbocycles. The molecule has 2 N–H and O–H groups in total. The predicted molar refractivity (Wildman–Crippen MR) is 95.1 cm³/mol. The van der Waals surface area contributed by atoms with Gasteiger partial charge in [0.25, 0.3) is 0 Å². The number of aromatic amines is 1. The first kappa shape index (κ1) is 15.6. The van der Waals surface area contributed by atoms with E-state index >= 15 is 0 Å². The minimum absolute atomic E-state index is 0.346. The number of nitrogens with zero attached hydrogens (tertiary/aromatic N) is 3. The van der Waals surface area contributed by atoms with Gasteiger partial charge in [0.15, 0.2) is 5.82 Å². The van der Waals surface area contributed by atoms with Crippen LogP contribution in [0.15, 0.2) is 64.5 Å². The Kier molecular flexibility index (Phi) is 4.47. The molecule has 0 amide bonds. The third kappa shape index (κ3) is 3.55. The Morgan fingerprint density at radius 3 is 2.42 bits per heavy atom. The van der Waals surface area contributed by atoms with E-state index in [1.807, 2.05) is 37.3 Å². The number of H-pyrrole nitrogens is 1. The van der Waals surface area contributed by atoms with Crippen LogP contribution in [0.2, 0.25) is 0 Å². The second-order valence-electron chi connectivity index (χ2n) is 5.33. The van der Waals surface area contributed by atoms with Gasteiger partial charge in [0, 0.05) is 0 Å². The van der Waals surface area contributed by atoms with Crippen LogP contribution in [-0.2, 0) is 0 Å². The van der Waals surface area contributed by atoms with E-state index < -0.39 is 5.69 Å². The van der Waals surface area contributed by atoms with Gasteiger partial charge in [-0.2, -0.15) is 15.2 Å². The number of nitrogens with one attached hydrogen (secondary N) is 2. The van der Waals surface area contributed by atoms with Crippen LogP contribution in [0.5, 0.6) is 0 Å². The smallest absolute Gasteiger partial charge is 0.259 e. The maximum absolute atomic E-state index is 11.2. The van der Waals surface area contributed by atoms with Gasteiger partial charge >= 0.3 is 5.69 Å². The first-order valence-electron chi connectivity index (χ1n) is 7.53. The van der Waals surface area contributed by atoms with Crippen LogP contribution in [0.3, 0.4) is 0 Å². The highest BCUT2D eigenvalue weighted by molar-refractivity contribution is 5.99. The zero-order valence-corrected chi connectivity index (χ0v) is 13.4. The van der Waals surface area contributed by atoms with Crippen molar-refractivity contribution in [2.24, 2.45) is 5.10 Å². The fourth-order valence-corrected chi connectivity index (χ4v) is 2.23. The van der Waals surface area contributed by atoms with Crippen LogP contribution >= 0.6 is 0 Å².